The van der Waals surface area contributed by atoms with Crippen LogP contribution in [0.2, 0.25) is 0 Å². The number of phenolic OH excluding ortho intramolecular Hbond substituents is 1. The van der Waals surface area contributed by atoms with Crippen molar-refractivity contribution in [3.63, 3.8) is 0 Å². The summed E-state index contributed by atoms with van der Waals surface area (Å²) in [5, 5.41) is 40.5. The van der Waals surface area contributed by atoms with Crippen molar-refractivity contribution in [1.82, 2.24) is 0 Å². The van der Waals surface area contributed by atoms with E-state index in [2.05, 4.69) is 0 Å². The minimum absolute atomic E-state index is 0.340. The molecule has 6 heteroatoms. The van der Waals surface area contributed by atoms with E-state index in [1.165, 1.54) is 89.5 Å². The molecule has 0 heterocycles. The van der Waals surface area contributed by atoms with E-state index in [0.717, 1.165) is 25.7 Å². The van der Waals surface area contributed by atoms with Crippen molar-refractivity contribution in [2.45, 2.75) is 154 Å². The molecule has 0 amide bonds. The number of carbonyl (C=O) groups excluding carboxylic acids is 2. The average Bonchev–Trinajstić information content (AvgIpc) is 2.94. The maximum atomic E-state index is 11.9. The van der Waals surface area contributed by atoms with Gasteiger partial charge in [0.1, 0.15) is 5.75 Å². The van der Waals surface area contributed by atoms with Gasteiger partial charge >= 0.3 is 0 Å². The Morgan fingerprint density at radius 1 is 0.732 bits per heavy atom. The standard InChI is InChI=1S/C35H58O6/c1-28(34(39)29(2)35(40)41)19-17-18-22-33(38)27-32(37)21-16-14-12-10-8-6-4-3-5-7-9-11-13-15-20-30-23-25-31(36)26-24-30/h19,23-26,29,32-33,36-38H,3-18,20-22,27H2,1-2H3,(H,40,41)/p-1/b28-19+/t29?,32-,33-/m1/s1. The number of rotatable bonds is 26. The number of allylic oxidation sites excluding steroid dienone is 2. The van der Waals surface area contributed by atoms with Gasteiger partial charge in [-0.1, -0.05) is 102 Å². The number of benzene rings is 1. The molecule has 0 fully saturated rings. The number of aryl methyl sites for hydroxylation is 1. The first-order valence-electron chi connectivity index (χ1n) is 16.3. The van der Waals surface area contributed by atoms with E-state index < -0.39 is 29.9 Å². The smallest absolute Gasteiger partial charge is 0.166 e. The van der Waals surface area contributed by atoms with Crippen LogP contribution in [-0.4, -0.2) is 39.3 Å². The van der Waals surface area contributed by atoms with Crippen LogP contribution in [0.1, 0.15) is 141 Å². The lowest BCUT2D eigenvalue weighted by Gasteiger charge is -2.15. The van der Waals surface area contributed by atoms with Crippen LogP contribution in [0.15, 0.2) is 35.9 Å². The molecule has 1 aromatic carbocycles. The van der Waals surface area contributed by atoms with Gasteiger partial charge in [0.05, 0.1) is 24.1 Å². The van der Waals surface area contributed by atoms with Crippen LogP contribution in [0.25, 0.3) is 0 Å². The number of carbonyl (C=O) groups is 2. The lowest BCUT2D eigenvalue weighted by Crippen LogP contribution is -2.34. The molecule has 0 bridgehead atoms. The van der Waals surface area contributed by atoms with Gasteiger partial charge < -0.3 is 25.2 Å². The molecule has 0 aliphatic carbocycles. The number of hydrogen-bond acceptors (Lipinski definition) is 6. The van der Waals surface area contributed by atoms with Crippen LogP contribution in [0.5, 0.6) is 5.75 Å². The van der Waals surface area contributed by atoms with E-state index in [9.17, 15) is 30.0 Å². The fourth-order valence-corrected chi connectivity index (χ4v) is 5.26. The quantitative estimate of drug-likeness (QED) is 0.0626. The molecule has 0 aliphatic heterocycles. The van der Waals surface area contributed by atoms with Crippen molar-refractivity contribution in [1.29, 1.82) is 0 Å². The highest BCUT2D eigenvalue weighted by Gasteiger charge is 2.15. The molecule has 0 spiro atoms. The maximum absolute atomic E-state index is 11.9. The number of aliphatic carboxylic acids is 1. The summed E-state index contributed by atoms with van der Waals surface area (Å²) in [5.41, 5.74) is 1.73. The number of unbranched alkanes of at least 4 members (excludes halogenated alkanes) is 14. The molecule has 3 atom stereocenters. The maximum Gasteiger partial charge on any atom is 0.166 e. The minimum Gasteiger partial charge on any atom is -0.549 e. The van der Waals surface area contributed by atoms with E-state index >= 15 is 0 Å². The number of aromatic hydroxyl groups is 1. The third-order valence-electron chi connectivity index (χ3n) is 8.06. The lowest BCUT2D eigenvalue weighted by molar-refractivity contribution is -0.309. The zero-order chi connectivity index (χ0) is 30.3. The van der Waals surface area contributed by atoms with E-state index in [1.807, 2.05) is 12.1 Å². The molecule has 234 valence electrons. The van der Waals surface area contributed by atoms with Crippen LogP contribution in [-0.2, 0) is 16.0 Å². The summed E-state index contributed by atoms with van der Waals surface area (Å²) in [5.74, 6) is -2.60. The molecule has 0 aliphatic rings. The number of aliphatic hydroxyl groups excluding tert-OH is 2. The zero-order valence-corrected chi connectivity index (χ0v) is 25.8. The summed E-state index contributed by atoms with van der Waals surface area (Å²) < 4.78 is 0. The topological polar surface area (TPSA) is 118 Å². The molecule has 41 heavy (non-hydrogen) atoms. The molecule has 1 unspecified atom stereocenters. The Kier molecular flexibility index (Phi) is 21.0. The highest BCUT2D eigenvalue weighted by molar-refractivity contribution is 6.06. The molecular formula is C35H57O6-. The Morgan fingerprint density at radius 2 is 1.17 bits per heavy atom. The third-order valence-corrected chi connectivity index (χ3v) is 8.06. The summed E-state index contributed by atoms with van der Waals surface area (Å²) in [4.78, 5) is 22.7. The van der Waals surface area contributed by atoms with Crippen LogP contribution < -0.4 is 5.11 Å². The van der Waals surface area contributed by atoms with Crippen LogP contribution in [0, 0.1) is 5.92 Å². The molecule has 0 aromatic heterocycles. The van der Waals surface area contributed by atoms with Crippen LogP contribution in [0.3, 0.4) is 0 Å². The second-order valence-electron chi connectivity index (χ2n) is 11.9. The largest absolute Gasteiger partial charge is 0.549 e. The number of ketones is 1. The number of Topliss-reactive ketones (excluding diaryl/α,β-unsaturated/α-hetero) is 1. The number of carboxylic acid groups (broad SMARTS) is 1. The van der Waals surface area contributed by atoms with Crippen molar-refractivity contribution in [3.8, 4) is 5.75 Å². The normalized spacial score (nSPS) is 14.1. The lowest BCUT2D eigenvalue weighted by atomic mass is 9.98. The molecular weight excluding hydrogens is 516 g/mol. The van der Waals surface area contributed by atoms with Gasteiger partial charge in [0.25, 0.3) is 0 Å². The second-order valence-corrected chi connectivity index (χ2v) is 11.9. The first kappa shape index (κ1) is 36.8. The fourth-order valence-electron chi connectivity index (χ4n) is 5.26. The minimum atomic E-state index is -1.37. The van der Waals surface area contributed by atoms with Gasteiger partial charge in [-0.25, -0.2) is 0 Å². The zero-order valence-electron chi connectivity index (χ0n) is 25.8. The Bertz CT molecular complexity index is 847. The Balaban J connectivity index is 1.87. The van der Waals surface area contributed by atoms with E-state index in [0.29, 0.717) is 37.0 Å². The number of hydrogen-bond donors (Lipinski definition) is 3. The average molecular weight is 574 g/mol. The predicted octanol–water partition coefficient (Wildman–Crippen LogP) is 6.97. The van der Waals surface area contributed by atoms with Crippen molar-refractivity contribution in [3.05, 3.63) is 41.5 Å². The first-order valence-corrected chi connectivity index (χ1v) is 16.3. The number of phenols is 1. The van der Waals surface area contributed by atoms with Gasteiger partial charge in [0.15, 0.2) is 5.78 Å². The Hall–Kier alpha value is -2.18. The summed E-state index contributed by atoms with van der Waals surface area (Å²) in [6.07, 6.45) is 22.5. The Morgan fingerprint density at radius 3 is 1.66 bits per heavy atom. The van der Waals surface area contributed by atoms with Gasteiger partial charge in [-0.05, 0) is 82.1 Å². The van der Waals surface area contributed by atoms with Crippen molar-refractivity contribution in [2.24, 2.45) is 5.92 Å². The van der Waals surface area contributed by atoms with Crippen LogP contribution >= 0.6 is 0 Å². The fraction of sp³-hybridized carbons (Fsp3) is 0.714. The highest BCUT2D eigenvalue weighted by Crippen LogP contribution is 2.17. The van der Waals surface area contributed by atoms with E-state index in [4.69, 9.17) is 0 Å². The molecule has 3 N–H and O–H groups in total. The summed E-state index contributed by atoms with van der Waals surface area (Å²) in [7, 11) is 0. The molecule has 0 radical (unpaired) electrons. The number of aliphatic hydroxyl groups is 2. The van der Waals surface area contributed by atoms with Gasteiger partial charge in [-0.3, -0.25) is 4.79 Å². The SMILES string of the molecule is C/C(=C\CCC[C@@H](O)C[C@H](O)CCCCCCCCCCCCCCCCc1ccc(O)cc1)C(=O)C(C)C(=O)[O-]. The molecule has 1 aromatic rings. The van der Waals surface area contributed by atoms with Gasteiger partial charge in [-0.2, -0.15) is 0 Å². The predicted molar refractivity (Wildman–Crippen MR) is 164 cm³/mol. The Labute approximate surface area is 249 Å². The summed E-state index contributed by atoms with van der Waals surface area (Å²) >= 11 is 0. The monoisotopic (exact) mass is 573 g/mol. The first-order chi connectivity index (χ1) is 19.7. The van der Waals surface area contributed by atoms with Gasteiger partial charge in [-0.15, -0.1) is 0 Å². The van der Waals surface area contributed by atoms with E-state index in [-0.39, 0.29) is 0 Å². The van der Waals surface area contributed by atoms with Crippen LogP contribution in [0.4, 0.5) is 0 Å². The van der Waals surface area contributed by atoms with Crippen molar-refractivity contribution >= 4 is 11.8 Å². The van der Waals surface area contributed by atoms with Crippen molar-refractivity contribution < 1.29 is 30.0 Å². The third kappa shape index (κ3) is 19.6. The van der Waals surface area contributed by atoms with Crippen molar-refractivity contribution in [2.75, 3.05) is 0 Å². The van der Waals surface area contributed by atoms with E-state index in [1.54, 1.807) is 25.1 Å². The highest BCUT2D eigenvalue weighted by atomic mass is 16.4. The molecule has 1 rings (SSSR count). The van der Waals surface area contributed by atoms with Gasteiger partial charge in [0.2, 0.25) is 0 Å². The summed E-state index contributed by atoms with van der Waals surface area (Å²) in [6.45, 7) is 2.94. The number of carboxylic acids is 1. The summed E-state index contributed by atoms with van der Waals surface area (Å²) in [6, 6.07) is 7.57. The second kappa shape index (κ2) is 23.4. The molecule has 0 saturated carbocycles. The molecule has 0 saturated heterocycles. The molecule has 6 nitrogen and oxygen atoms in total. The van der Waals surface area contributed by atoms with Gasteiger partial charge in [0, 0.05) is 0 Å².